The van der Waals surface area contributed by atoms with Crippen LogP contribution in [0.15, 0.2) is 28.3 Å². The first-order valence-corrected chi connectivity index (χ1v) is 7.41. The quantitative estimate of drug-likeness (QED) is 0.903. The van der Waals surface area contributed by atoms with Crippen LogP contribution < -0.4 is 5.32 Å². The van der Waals surface area contributed by atoms with E-state index >= 15 is 0 Å². The van der Waals surface area contributed by atoms with Crippen LogP contribution in [0, 0.1) is 0 Å². The van der Waals surface area contributed by atoms with Crippen molar-refractivity contribution in [3.05, 3.63) is 39.6 Å². The Hall–Kier alpha value is -1.27. The van der Waals surface area contributed by atoms with Gasteiger partial charge < -0.3 is 0 Å². The molecule has 1 N–H and O–H groups in total. The summed E-state index contributed by atoms with van der Waals surface area (Å²) in [5.41, 5.74) is 1.46. The average molecular weight is 340 g/mol. The molecule has 0 aromatic carbocycles. The van der Waals surface area contributed by atoms with Gasteiger partial charge in [0.05, 0.1) is 11.3 Å². The number of thiazole rings is 1. The predicted octanol–water partition coefficient (Wildman–Crippen LogP) is 3.85. The van der Waals surface area contributed by atoms with Gasteiger partial charge in [0, 0.05) is 27.7 Å². The number of hydrogen-bond donors (Lipinski definition) is 1. The molecule has 0 atom stereocenters. The molecule has 0 aliphatic carbocycles. The summed E-state index contributed by atoms with van der Waals surface area (Å²) < 4.78 is 0.773. The molecule has 2 rings (SSSR count). The highest BCUT2D eigenvalue weighted by atomic mass is 79.9. The summed E-state index contributed by atoms with van der Waals surface area (Å²) in [6, 6.07) is 1.72. The normalized spacial score (nSPS) is 11.4. The van der Waals surface area contributed by atoms with Crippen LogP contribution in [-0.4, -0.2) is 15.9 Å². The molecule has 4 nitrogen and oxygen atoms in total. The SMILES string of the molecule is CC(C)(C)c1csc(NC(=O)c2cncc(Br)c2)n1. The van der Waals surface area contributed by atoms with Gasteiger partial charge in [-0.25, -0.2) is 4.98 Å². The second-order valence-corrected chi connectivity index (χ2v) is 6.91. The number of halogens is 1. The average Bonchev–Trinajstić information content (AvgIpc) is 2.77. The Morgan fingerprint density at radius 3 is 2.68 bits per heavy atom. The molecule has 2 aromatic heterocycles. The molecule has 1 amide bonds. The van der Waals surface area contributed by atoms with Gasteiger partial charge in [-0.1, -0.05) is 20.8 Å². The molecule has 0 aliphatic heterocycles. The molecular formula is C13H14BrN3OS. The van der Waals surface area contributed by atoms with Gasteiger partial charge in [-0.05, 0) is 22.0 Å². The van der Waals surface area contributed by atoms with E-state index in [2.05, 4.69) is 52.0 Å². The summed E-state index contributed by atoms with van der Waals surface area (Å²) in [5.74, 6) is -0.205. The van der Waals surface area contributed by atoms with E-state index in [1.54, 1.807) is 12.3 Å². The van der Waals surface area contributed by atoms with Crippen LogP contribution in [0.4, 0.5) is 5.13 Å². The summed E-state index contributed by atoms with van der Waals surface area (Å²) in [4.78, 5) is 20.4. The van der Waals surface area contributed by atoms with E-state index in [1.165, 1.54) is 17.5 Å². The number of hydrogen-bond acceptors (Lipinski definition) is 4. The lowest BCUT2D eigenvalue weighted by molar-refractivity contribution is 0.102. The largest absolute Gasteiger partial charge is 0.298 e. The number of nitrogens with zero attached hydrogens (tertiary/aromatic N) is 2. The van der Waals surface area contributed by atoms with Gasteiger partial charge in [0.2, 0.25) is 0 Å². The molecule has 0 bridgehead atoms. The Kier molecular flexibility index (Phi) is 4.01. The minimum absolute atomic E-state index is 0.0171. The lowest BCUT2D eigenvalue weighted by atomic mass is 9.93. The van der Waals surface area contributed by atoms with Gasteiger partial charge in [-0.3, -0.25) is 15.1 Å². The zero-order chi connectivity index (χ0) is 14.0. The van der Waals surface area contributed by atoms with Crippen molar-refractivity contribution in [3.63, 3.8) is 0 Å². The molecule has 0 spiro atoms. The topological polar surface area (TPSA) is 54.9 Å². The number of carbonyl (C=O) groups is 1. The van der Waals surface area contributed by atoms with Crippen LogP contribution >= 0.6 is 27.3 Å². The third-order valence-electron chi connectivity index (χ3n) is 2.46. The number of rotatable bonds is 2. The second kappa shape index (κ2) is 5.38. The molecule has 100 valence electrons. The van der Waals surface area contributed by atoms with Crippen molar-refractivity contribution >= 4 is 38.3 Å². The van der Waals surface area contributed by atoms with E-state index in [0.717, 1.165) is 10.2 Å². The highest BCUT2D eigenvalue weighted by Crippen LogP contribution is 2.26. The Morgan fingerprint density at radius 2 is 2.11 bits per heavy atom. The number of aromatic nitrogens is 2. The fraction of sp³-hybridized carbons (Fsp3) is 0.308. The van der Waals surface area contributed by atoms with E-state index in [1.807, 2.05) is 5.38 Å². The smallest absolute Gasteiger partial charge is 0.259 e. The molecule has 0 unspecified atom stereocenters. The number of pyridine rings is 1. The van der Waals surface area contributed by atoms with Crippen LogP contribution in [0.25, 0.3) is 0 Å². The van der Waals surface area contributed by atoms with E-state index in [0.29, 0.717) is 10.7 Å². The maximum absolute atomic E-state index is 12.0. The Bertz CT molecular complexity index is 604. The summed E-state index contributed by atoms with van der Waals surface area (Å²) in [5, 5.41) is 5.36. The Labute approximate surface area is 124 Å². The second-order valence-electron chi connectivity index (χ2n) is 5.13. The first-order valence-electron chi connectivity index (χ1n) is 5.74. The monoisotopic (exact) mass is 339 g/mol. The van der Waals surface area contributed by atoms with Crippen LogP contribution in [0.3, 0.4) is 0 Å². The number of anilines is 1. The molecular weight excluding hydrogens is 326 g/mol. The summed E-state index contributed by atoms with van der Waals surface area (Å²) >= 11 is 4.72. The van der Waals surface area contributed by atoms with Crippen molar-refractivity contribution in [2.75, 3.05) is 5.32 Å². The summed E-state index contributed by atoms with van der Waals surface area (Å²) in [7, 11) is 0. The van der Waals surface area contributed by atoms with Gasteiger partial charge in [0.25, 0.3) is 5.91 Å². The van der Waals surface area contributed by atoms with Crippen LogP contribution in [0.5, 0.6) is 0 Å². The molecule has 0 saturated carbocycles. The van der Waals surface area contributed by atoms with E-state index in [9.17, 15) is 4.79 Å². The van der Waals surface area contributed by atoms with Gasteiger partial charge in [0.15, 0.2) is 5.13 Å². The standard InChI is InChI=1S/C13H14BrN3OS/c1-13(2,3)10-7-19-12(16-10)17-11(18)8-4-9(14)6-15-5-8/h4-7H,1-3H3,(H,16,17,18). The number of amides is 1. The van der Waals surface area contributed by atoms with E-state index in [4.69, 9.17) is 0 Å². The van der Waals surface area contributed by atoms with E-state index in [-0.39, 0.29) is 11.3 Å². The first kappa shape index (κ1) is 14.1. The van der Waals surface area contributed by atoms with Crippen LogP contribution in [0.1, 0.15) is 36.8 Å². The van der Waals surface area contributed by atoms with Gasteiger partial charge >= 0.3 is 0 Å². The fourth-order valence-corrected chi connectivity index (χ4v) is 2.68. The lowest BCUT2D eigenvalue weighted by Crippen LogP contribution is -2.14. The number of carbonyl (C=O) groups excluding carboxylic acids is 1. The van der Waals surface area contributed by atoms with Gasteiger partial charge in [-0.2, -0.15) is 0 Å². The minimum Gasteiger partial charge on any atom is -0.298 e. The molecule has 0 radical (unpaired) electrons. The summed E-state index contributed by atoms with van der Waals surface area (Å²) in [6.45, 7) is 6.27. The van der Waals surface area contributed by atoms with Crippen LogP contribution in [0.2, 0.25) is 0 Å². The molecule has 0 aliphatic rings. The van der Waals surface area contributed by atoms with Crippen molar-refractivity contribution in [1.29, 1.82) is 0 Å². The van der Waals surface area contributed by atoms with Crippen LogP contribution in [-0.2, 0) is 5.41 Å². The fourth-order valence-electron chi connectivity index (χ4n) is 1.38. The van der Waals surface area contributed by atoms with Crippen molar-refractivity contribution in [3.8, 4) is 0 Å². The molecule has 6 heteroatoms. The molecule has 0 fully saturated rings. The Balaban J connectivity index is 2.13. The molecule has 2 aromatic rings. The minimum atomic E-state index is -0.205. The maximum atomic E-state index is 12.0. The van der Waals surface area contributed by atoms with Gasteiger partial charge in [-0.15, -0.1) is 11.3 Å². The highest BCUT2D eigenvalue weighted by molar-refractivity contribution is 9.10. The molecule has 19 heavy (non-hydrogen) atoms. The van der Waals surface area contributed by atoms with Gasteiger partial charge in [0.1, 0.15) is 0 Å². The number of nitrogens with one attached hydrogen (secondary N) is 1. The third-order valence-corrected chi connectivity index (χ3v) is 3.65. The zero-order valence-electron chi connectivity index (χ0n) is 10.9. The van der Waals surface area contributed by atoms with Crippen molar-refractivity contribution in [1.82, 2.24) is 9.97 Å². The molecule has 2 heterocycles. The Morgan fingerprint density at radius 1 is 1.37 bits per heavy atom. The third kappa shape index (κ3) is 3.61. The zero-order valence-corrected chi connectivity index (χ0v) is 13.3. The van der Waals surface area contributed by atoms with Crippen molar-refractivity contribution in [2.45, 2.75) is 26.2 Å². The predicted molar refractivity (Wildman–Crippen MR) is 80.7 cm³/mol. The van der Waals surface area contributed by atoms with Crippen molar-refractivity contribution < 1.29 is 4.79 Å². The lowest BCUT2D eigenvalue weighted by Gasteiger charge is -2.14. The maximum Gasteiger partial charge on any atom is 0.259 e. The highest BCUT2D eigenvalue weighted by Gasteiger charge is 2.18. The first-order chi connectivity index (χ1) is 8.86. The van der Waals surface area contributed by atoms with E-state index < -0.39 is 0 Å². The molecule has 0 saturated heterocycles. The van der Waals surface area contributed by atoms with Crippen molar-refractivity contribution in [2.24, 2.45) is 0 Å². The summed E-state index contributed by atoms with van der Waals surface area (Å²) in [6.07, 6.45) is 3.16.